The molecule has 1 saturated heterocycles. The lowest BCUT2D eigenvalue weighted by Crippen LogP contribution is -2.49. The predicted octanol–water partition coefficient (Wildman–Crippen LogP) is 2.05. The molecular weight excluding hydrogens is 266 g/mol. The molecule has 3 rings (SSSR count). The predicted molar refractivity (Wildman–Crippen MR) is 84.5 cm³/mol. The Labute approximate surface area is 124 Å². The standard InChI is InChI=1S/C16H21N3O2/c1-11-10-19(7-6-17-11)16-13-9-15(21-3)14(20-2)8-12(13)4-5-18-16/h4-5,8-9,11,17H,6-7,10H2,1-3H3/t11-/m0/s1. The zero-order chi connectivity index (χ0) is 14.8. The van der Waals surface area contributed by atoms with Crippen molar-refractivity contribution in [2.24, 2.45) is 0 Å². The number of methoxy groups -OCH3 is 2. The number of piperazine rings is 1. The third-order valence-corrected chi connectivity index (χ3v) is 3.92. The van der Waals surface area contributed by atoms with Crippen LogP contribution in [-0.4, -0.2) is 44.9 Å². The Hall–Kier alpha value is -2.01. The summed E-state index contributed by atoms with van der Waals surface area (Å²) in [7, 11) is 3.32. The van der Waals surface area contributed by atoms with Gasteiger partial charge in [0.2, 0.25) is 0 Å². The highest BCUT2D eigenvalue weighted by Crippen LogP contribution is 2.35. The molecule has 2 aromatic rings. The Morgan fingerprint density at radius 3 is 2.71 bits per heavy atom. The highest BCUT2D eigenvalue weighted by atomic mass is 16.5. The molecule has 1 aromatic carbocycles. The molecule has 0 aliphatic carbocycles. The Balaban J connectivity index is 2.10. The van der Waals surface area contributed by atoms with E-state index in [1.165, 1.54) is 0 Å². The van der Waals surface area contributed by atoms with Crippen LogP contribution >= 0.6 is 0 Å². The molecule has 2 heterocycles. The molecule has 1 atom stereocenters. The van der Waals surface area contributed by atoms with Crippen LogP contribution in [0.2, 0.25) is 0 Å². The smallest absolute Gasteiger partial charge is 0.161 e. The van der Waals surface area contributed by atoms with Crippen LogP contribution in [0.15, 0.2) is 24.4 Å². The molecule has 1 aromatic heterocycles. The van der Waals surface area contributed by atoms with Crippen molar-refractivity contribution in [2.75, 3.05) is 38.8 Å². The van der Waals surface area contributed by atoms with Gasteiger partial charge in [-0.3, -0.25) is 0 Å². The van der Waals surface area contributed by atoms with Gasteiger partial charge in [0.25, 0.3) is 0 Å². The number of aromatic nitrogens is 1. The van der Waals surface area contributed by atoms with E-state index in [-0.39, 0.29) is 0 Å². The number of fused-ring (bicyclic) bond motifs is 1. The van der Waals surface area contributed by atoms with Gasteiger partial charge in [0.05, 0.1) is 14.2 Å². The van der Waals surface area contributed by atoms with Gasteiger partial charge in [-0.05, 0) is 30.5 Å². The summed E-state index contributed by atoms with van der Waals surface area (Å²) in [6, 6.07) is 6.50. The lowest BCUT2D eigenvalue weighted by molar-refractivity contribution is 0.356. The number of ether oxygens (including phenoxy) is 2. The molecule has 0 bridgehead atoms. The van der Waals surface area contributed by atoms with Crippen LogP contribution in [0.1, 0.15) is 6.92 Å². The molecule has 5 nitrogen and oxygen atoms in total. The van der Waals surface area contributed by atoms with Crippen molar-refractivity contribution in [3.05, 3.63) is 24.4 Å². The number of benzene rings is 1. The van der Waals surface area contributed by atoms with Crippen molar-refractivity contribution < 1.29 is 9.47 Å². The maximum absolute atomic E-state index is 5.42. The summed E-state index contributed by atoms with van der Waals surface area (Å²) >= 11 is 0. The first-order chi connectivity index (χ1) is 10.2. The average Bonchev–Trinajstić information content (AvgIpc) is 2.52. The van der Waals surface area contributed by atoms with Gasteiger partial charge in [-0.15, -0.1) is 0 Å². The quantitative estimate of drug-likeness (QED) is 0.936. The Bertz CT molecular complexity index is 645. The molecule has 0 unspecified atom stereocenters. The minimum atomic E-state index is 0.468. The van der Waals surface area contributed by atoms with Gasteiger partial charge >= 0.3 is 0 Å². The highest BCUT2D eigenvalue weighted by molar-refractivity contribution is 5.94. The van der Waals surface area contributed by atoms with Crippen molar-refractivity contribution in [1.29, 1.82) is 0 Å². The van der Waals surface area contributed by atoms with Gasteiger partial charge in [-0.25, -0.2) is 4.98 Å². The second-order valence-corrected chi connectivity index (χ2v) is 5.36. The maximum atomic E-state index is 5.42. The summed E-state index contributed by atoms with van der Waals surface area (Å²) in [6.45, 7) is 5.10. The molecule has 5 heteroatoms. The van der Waals surface area contributed by atoms with E-state index in [0.717, 1.165) is 47.7 Å². The van der Waals surface area contributed by atoms with Crippen molar-refractivity contribution in [3.8, 4) is 11.5 Å². The minimum Gasteiger partial charge on any atom is -0.493 e. The Morgan fingerprint density at radius 1 is 1.24 bits per heavy atom. The molecule has 1 N–H and O–H groups in total. The number of hydrogen-bond donors (Lipinski definition) is 1. The lowest BCUT2D eigenvalue weighted by atomic mass is 10.1. The van der Waals surface area contributed by atoms with E-state index in [1.807, 2.05) is 24.4 Å². The van der Waals surface area contributed by atoms with Gasteiger partial charge in [0.1, 0.15) is 5.82 Å². The first kappa shape index (κ1) is 13.9. The number of nitrogens with one attached hydrogen (secondary N) is 1. The van der Waals surface area contributed by atoms with Crippen LogP contribution in [-0.2, 0) is 0 Å². The third kappa shape index (κ3) is 2.61. The van der Waals surface area contributed by atoms with Crippen molar-refractivity contribution in [3.63, 3.8) is 0 Å². The number of anilines is 1. The molecule has 0 spiro atoms. The van der Waals surface area contributed by atoms with E-state index in [9.17, 15) is 0 Å². The van der Waals surface area contributed by atoms with Crippen molar-refractivity contribution in [2.45, 2.75) is 13.0 Å². The van der Waals surface area contributed by atoms with Gasteiger partial charge < -0.3 is 19.7 Å². The minimum absolute atomic E-state index is 0.468. The third-order valence-electron chi connectivity index (χ3n) is 3.92. The van der Waals surface area contributed by atoms with Crippen LogP contribution in [0.3, 0.4) is 0 Å². The molecule has 0 radical (unpaired) electrons. The second kappa shape index (κ2) is 5.77. The number of rotatable bonds is 3. The van der Waals surface area contributed by atoms with Gasteiger partial charge in [0, 0.05) is 37.3 Å². The lowest BCUT2D eigenvalue weighted by Gasteiger charge is -2.33. The second-order valence-electron chi connectivity index (χ2n) is 5.36. The fourth-order valence-electron chi connectivity index (χ4n) is 2.86. The molecule has 0 amide bonds. The molecular formula is C16H21N3O2. The molecule has 112 valence electrons. The average molecular weight is 287 g/mol. The van der Waals surface area contributed by atoms with E-state index in [0.29, 0.717) is 6.04 Å². The number of hydrogen-bond acceptors (Lipinski definition) is 5. The van der Waals surface area contributed by atoms with Crippen LogP contribution in [0, 0.1) is 0 Å². The van der Waals surface area contributed by atoms with Gasteiger partial charge in [-0.1, -0.05) is 0 Å². The highest BCUT2D eigenvalue weighted by Gasteiger charge is 2.19. The molecule has 21 heavy (non-hydrogen) atoms. The zero-order valence-corrected chi connectivity index (χ0v) is 12.7. The molecule has 1 aliphatic heterocycles. The normalized spacial score (nSPS) is 18.8. The van der Waals surface area contributed by atoms with E-state index in [4.69, 9.17) is 9.47 Å². The fraction of sp³-hybridized carbons (Fsp3) is 0.438. The number of nitrogens with zero attached hydrogens (tertiary/aromatic N) is 2. The molecule has 1 aliphatic rings. The summed E-state index contributed by atoms with van der Waals surface area (Å²) in [5.74, 6) is 2.50. The SMILES string of the molecule is COc1cc2ccnc(N3CCN[C@@H](C)C3)c2cc1OC. The summed E-state index contributed by atoms with van der Waals surface area (Å²) in [4.78, 5) is 6.93. The van der Waals surface area contributed by atoms with E-state index >= 15 is 0 Å². The van der Waals surface area contributed by atoms with E-state index in [1.54, 1.807) is 14.2 Å². The monoisotopic (exact) mass is 287 g/mol. The molecule has 0 saturated carbocycles. The largest absolute Gasteiger partial charge is 0.493 e. The topological polar surface area (TPSA) is 46.6 Å². The first-order valence-corrected chi connectivity index (χ1v) is 7.22. The summed E-state index contributed by atoms with van der Waals surface area (Å²) in [6.07, 6.45) is 1.86. The zero-order valence-electron chi connectivity index (χ0n) is 12.7. The fourth-order valence-corrected chi connectivity index (χ4v) is 2.86. The van der Waals surface area contributed by atoms with Crippen LogP contribution in [0.5, 0.6) is 11.5 Å². The Morgan fingerprint density at radius 2 is 2.00 bits per heavy atom. The Kier molecular flexibility index (Phi) is 3.84. The van der Waals surface area contributed by atoms with Crippen LogP contribution in [0.25, 0.3) is 10.8 Å². The number of pyridine rings is 1. The summed E-state index contributed by atoms with van der Waals surface area (Å²) in [5, 5.41) is 5.67. The van der Waals surface area contributed by atoms with Crippen LogP contribution < -0.4 is 19.7 Å². The first-order valence-electron chi connectivity index (χ1n) is 7.22. The van der Waals surface area contributed by atoms with E-state index in [2.05, 4.69) is 22.1 Å². The summed E-state index contributed by atoms with van der Waals surface area (Å²) < 4.78 is 10.8. The van der Waals surface area contributed by atoms with Crippen molar-refractivity contribution in [1.82, 2.24) is 10.3 Å². The van der Waals surface area contributed by atoms with Crippen LogP contribution in [0.4, 0.5) is 5.82 Å². The van der Waals surface area contributed by atoms with E-state index < -0.39 is 0 Å². The maximum Gasteiger partial charge on any atom is 0.161 e. The molecule has 1 fully saturated rings. The van der Waals surface area contributed by atoms with Gasteiger partial charge in [-0.2, -0.15) is 0 Å². The van der Waals surface area contributed by atoms with Gasteiger partial charge in [0.15, 0.2) is 11.5 Å². The summed E-state index contributed by atoms with van der Waals surface area (Å²) in [5.41, 5.74) is 0. The van der Waals surface area contributed by atoms with Crippen molar-refractivity contribution >= 4 is 16.6 Å².